The predicted octanol–water partition coefficient (Wildman–Crippen LogP) is 7.77. The van der Waals surface area contributed by atoms with Crippen molar-refractivity contribution in [2.24, 2.45) is 0 Å². The number of nitrogens with one attached hydrogen (secondary N) is 5. The van der Waals surface area contributed by atoms with Crippen LogP contribution in [0.1, 0.15) is 130 Å². The highest BCUT2D eigenvalue weighted by Gasteiger charge is 2.17. The first-order valence-corrected chi connectivity index (χ1v) is 20.0. The molecule has 0 radical (unpaired) electrons. The Morgan fingerprint density at radius 1 is 0.500 bits per heavy atom. The van der Waals surface area contributed by atoms with Crippen LogP contribution in [0.3, 0.4) is 0 Å². The van der Waals surface area contributed by atoms with E-state index in [1.165, 1.54) is 0 Å². The molecule has 0 saturated heterocycles. The van der Waals surface area contributed by atoms with Gasteiger partial charge in [-0.05, 0) is 120 Å². The van der Waals surface area contributed by atoms with Crippen LogP contribution in [-0.2, 0) is 38.6 Å². The summed E-state index contributed by atoms with van der Waals surface area (Å²) in [6.07, 6.45) is 5.35. The summed E-state index contributed by atoms with van der Waals surface area (Å²) in [6, 6.07) is 20.8. The Morgan fingerprint density at radius 2 is 0.966 bits per heavy atom. The van der Waals surface area contributed by atoms with Gasteiger partial charge in [0.2, 0.25) is 0 Å². The van der Waals surface area contributed by atoms with E-state index >= 15 is 0 Å². The molecule has 0 aliphatic heterocycles. The van der Waals surface area contributed by atoms with Crippen LogP contribution in [0.5, 0.6) is 0 Å². The lowest BCUT2D eigenvalue weighted by Crippen LogP contribution is -2.32. The molecule has 0 unspecified atom stereocenters. The Hall–Kier alpha value is -5.72. The Bertz CT molecular complexity index is 1660. The van der Waals surface area contributed by atoms with E-state index in [1.807, 2.05) is 77.9 Å². The molecular formula is C45H61N5O8. The van der Waals surface area contributed by atoms with Crippen molar-refractivity contribution in [1.29, 1.82) is 0 Å². The van der Waals surface area contributed by atoms with Crippen molar-refractivity contribution in [1.82, 2.24) is 21.3 Å². The molecule has 0 saturated carbocycles. The van der Waals surface area contributed by atoms with E-state index in [2.05, 4.69) is 26.6 Å². The van der Waals surface area contributed by atoms with Gasteiger partial charge in [0.1, 0.15) is 17.0 Å². The zero-order valence-corrected chi connectivity index (χ0v) is 34.9. The number of anilines is 1. The number of carbonyl (C=O) groups excluding carboxylic acids is 6. The topological polar surface area (TPSA) is 181 Å². The van der Waals surface area contributed by atoms with Gasteiger partial charge in [-0.15, -0.1) is 0 Å². The first-order valence-electron chi connectivity index (χ1n) is 20.0. The number of hydrogen-bond donors (Lipinski definition) is 5. The van der Waals surface area contributed by atoms with E-state index in [0.717, 1.165) is 48.8 Å². The summed E-state index contributed by atoms with van der Waals surface area (Å²) in [6.45, 7) is 12.6. The van der Waals surface area contributed by atoms with Crippen LogP contribution in [0.15, 0.2) is 72.8 Å². The molecule has 5 N–H and O–H groups in total. The van der Waals surface area contributed by atoms with E-state index < -0.39 is 17.3 Å². The van der Waals surface area contributed by atoms with E-state index in [9.17, 15) is 28.8 Å². The van der Waals surface area contributed by atoms with Gasteiger partial charge in [0, 0.05) is 62.3 Å². The van der Waals surface area contributed by atoms with Gasteiger partial charge in [-0.25, -0.2) is 9.59 Å². The fourth-order valence-corrected chi connectivity index (χ4v) is 5.61. The number of rotatable bonds is 21. The number of unbranched alkanes of at least 4 members (excludes halogenated alkanes) is 4. The Kier molecular flexibility index (Phi) is 18.9. The average molecular weight is 800 g/mol. The SMILES string of the molecule is CC(C)(C)OC(=O)CCCCCNC(=O)Nc1ccc(CNC(=O)c2ccc(C(=O)NCc3ccc(CC(=O)CCCCCNC(=O)OC(C)(C)C)cc3)cc2)cc1. The molecule has 0 aliphatic carbocycles. The zero-order chi connectivity index (χ0) is 42.6. The van der Waals surface area contributed by atoms with Gasteiger partial charge in [-0.1, -0.05) is 49.2 Å². The molecule has 13 heteroatoms. The molecule has 3 aromatic rings. The maximum Gasteiger partial charge on any atom is 0.407 e. The first kappa shape index (κ1) is 46.7. The zero-order valence-electron chi connectivity index (χ0n) is 34.9. The van der Waals surface area contributed by atoms with Gasteiger partial charge < -0.3 is 36.1 Å². The number of hydrogen-bond acceptors (Lipinski definition) is 8. The Balaban J connectivity index is 1.29. The number of Topliss-reactive ketones (excluding diaryl/α,β-unsaturated/α-hetero) is 1. The highest BCUT2D eigenvalue weighted by molar-refractivity contribution is 5.97. The summed E-state index contributed by atoms with van der Waals surface area (Å²) in [5.74, 6) is -0.618. The van der Waals surface area contributed by atoms with E-state index in [0.29, 0.717) is 62.1 Å². The molecule has 58 heavy (non-hydrogen) atoms. The molecule has 314 valence electrons. The molecule has 13 nitrogen and oxygen atoms in total. The highest BCUT2D eigenvalue weighted by Crippen LogP contribution is 2.14. The van der Waals surface area contributed by atoms with Crippen LogP contribution in [0.25, 0.3) is 0 Å². The number of alkyl carbamates (subject to hydrolysis) is 1. The number of amides is 5. The molecule has 0 aromatic heterocycles. The highest BCUT2D eigenvalue weighted by atomic mass is 16.6. The monoisotopic (exact) mass is 799 g/mol. The number of carbonyl (C=O) groups is 6. The molecule has 0 heterocycles. The van der Waals surface area contributed by atoms with Gasteiger partial charge in [0.25, 0.3) is 11.8 Å². The fraction of sp³-hybridized carbons (Fsp3) is 0.467. The fourth-order valence-electron chi connectivity index (χ4n) is 5.61. The second kappa shape index (κ2) is 23.5. The minimum Gasteiger partial charge on any atom is -0.460 e. The Labute approximate surface area is 342 Å². The van der Waals surface area contributed by atoms with Crippen molar-refractivity contribution in [2.45, 2.75) is 124 Å². The maximum absolute atomic E-state index is 12.8. The van der Waals surface area contributed by atoms with Crippen molar-refractivity contribution in [3.8, 4) is 0 Å². The van der Waals surface area contributed by atoms with Crippen LogP contribution in [0, 0.1) is 0 Å². The second-order valence-electron chi connectivity index (χ2n) is 16.2. The summed E-state index contributed by atoms with van der Waals surface area (Å²) < 4.78 is 10.5. The minimum absolute atomic E-state index is 0.154. The lowest BCUT2D eigenvalue weighted by atomic mass is 10.0. The van der Waals surface area contributed by atoms with Crippen molar-refractivity contribution >= 4 is 41.4 Å². The van der Waals surface area contributed by atoms with Gasteiger partial charge in [0.15, 0.2) is 0 Å². The van der Waals surface area contributed by atoms with E-state index in [1.54, 1.807) is 36.4 Å². The van der Waals surface area contributed by atoms with Crippen LogP contribution in [0.2, 0.25) is 0 Å². The smallest absolute Gasteiger partial charge is 0.407 e. The summed E-state index contributed by atoms with van der Waals surface area (Å²) in [4.78, 5) is 73.7. The second-order valence-corrected chi connectivity index (χ2v) is 16.2. The number of ether oxygens (including phenoxy) is 2. The summed E-state index contributed by atoms with van der Waals surface area (Å²) in [5, 5.41) is 14.1. The van der Waals surface area contributed by atoms with Crippen molar-refractivity contribution in [2.75, 3.05) is 18.4 Å². The van der Waals surface area contributed by atoms with Crippen LogP contribution < -0.4 is 26.6 Å². The van der Waals surface area contributed by atoms with Crippen LogP contribution >= 0.6 is 0 Å². The quantitative estimate of drug-likeness (QED) is 0.0535. The summed E-state index contributed by atoms with van der Waals surface area (Å²) in [7, 11) is 0. The Morgan fingerprint density at radius 3 is 1.48 bits per heavy atom. The molecule has 3 rings (SSSR count). The average Bonchev–Trinajstić information content (AvgIpc) is 3.15. The van der Waals surface area contributed by atoms with Crippen LogP contribution in [-0.4, -0.2) is 60.0 Å². The van der Waals surface area contributed by atoms with Crippen molar-refractivity contribution in [3.05, 3.63) is 101 Å². The largest absolute Gasteiger partial charge is 0.460 e. The molecule has 0 bridgehead atoms. The third kappa shape index (κ3) is 19.9. The number of ketones is 1. The van der Waals surface area contributed by atoms with E-state index in [4.69, 9.17) is 9.47 Å². The summed E-state index contributed by atoms with van der Waals surface area (Å²) in [5.41, 5.74) is 3.08. The lowest BCUT2D eigenvalue weighted by Gasteiger charge is -2.19. The molecule has 0 atom stereocenters. The van der Waals surface area contributed by atoms with Crippen molar-refractivity contribution in [3.63, 3.8) is 0 Å². The van der Waals surface area contributed by atoms with Gasteiger partial charge in [-0.2, -0.15) is 0 Å². The molecule has 0 aliphatic rings. The third-order valence-electron chi connectivity index (χ3n) is 8.52. The van der Waals surface area contributed by atoms with E-state index in [-0.39, 0.29) is 36.1 Å². The van der Waals surface area contributed by atoms with Gasteiger partial charge in [0.05, 0.1) is 0 Å². The molecule has 5 amide bonds. The normalized spacial score (nSPS) is 11.2. The predicted molar refractivity (Wildman–Crippen MR) is 224 cm³/mol. The number of benzene rings is 3. The molecule has 3 aromatic carbocycles. The molecule has 0 fully saturated rings. The van der Waals surface area contributed by atoms with Gasteiger partial charge in [-0.3, -0.25) is 19.2 Å². The maximum atomic E-state index is 12.8. The minimum atomic E-state index is -0.530. The number of esters is 1. The molecular weight excluding hydrogens is 739 g/mol. The lowest BCUT2D eigenvalue weighted by molar-refractivity contribution is -0.154. The number of urea groups is 1. The standard InChI is InChI=1S/C45H61N5O8/c1-44(2,3)57-39(52)14-10-8-11-27-46-42(55)50-37-25-19-34(20-26-37)31-49-41(54)36-23-21-35(22-24-36)40(53)48-30-33-17-15-32(16-18-33)29-38(51)13-9-7-12-28-47-43(56)58-45(4,5)6/h15-26H,7-14,27-31H2,1-6H3,(H,47,56)(H,48,53)(H,49,54)(H2,46,50,55). The third-order valence-corrected chi connectivity index (χ3v) is 8.52. The molecule has 0 spiro atoms. The van der Waals surface area contributed by atoms with Gasteiger partial charge >= 0.3 is 18.1 Å². The first-order chi connectivity index (χ1) is 27.5. The summed E-state index contributed by atoms with van der Waals surface area (Å²) >= 11 is 0. The van der Waals surface area contributed by atoms with Crippen molar-refractivity contribution < 1.29 is 38.2 Å². The van der Waals surface area contributed by atoms with Crippen LogP contribution in [0.4, 0.5) is 15.3 Å².